The minimum Gasteiger partial charge on any atom is -0.368 e. The number of hydrogen-bond acceptors (Lipinski definition) is 5. The molecule has 0 saturated heterocycles. The predicted octanol–water partition coefficient (Wildman–Crippen LogP) is 2.05. The molecule has 144 valence electrons. The van der Waals surface area contributed by atoms with Gasteiger partial charge in [0.2, 0.25) is 5.91 Å². The lowest BCUT2D eigenvalue weighted by atomic mass is 10.1. The summed E-state index contributed by atoms with van der Waals surface area (Å²) in [6.45, 7) is 3.30. The fourth-order valence-electron chi connectivity index (χ4n) is 3.17. The summed E-state index contributed by atoms with van der Waals surface area (Å²) in [6, 6.07) is 10.9. The van der Waals surface area contributed by atoms with Gasteiger partial charge in [-0.15, -0.1) is 5.10 Å². The second-order valence-electron chi connectivity index (χ2n) is 6.82. The average molecular weight is 381 g/mol. The van der Waals surface area contributed by atoms with Crippen LogP contribution in [0.25, 0.3) is 11.3 Å². The van der Waals surface area contributed by atoms with Crippen molar-refractivity contribution < 1.29 is 13.9 Å². The monoisotopic (exact) mass is 381 g/mol. The number of aryl methyl sites for hydroxylation is 1. The van der Waals surface area contributed by atoms with Gasteiger partial charge in [0.1, 0.15) is 11.5 Å². The molecular weight excluding hydrogens is 361 g/mol. The van der Waals surface area contributed by atoms with E-state index in [1.807, 2.05) is 29.8 Å². The van der Waals surface area contributed by atoms with Crippen LogP contribution in [-0.4, -0.2) is 38.5 Å². The molecule has 1 atom stereocenters. The van der Waals surface area contributed by atoms with Crippen LogP contribution >= 0.6 is 0 Å². The van der Waals surface area contributed by atoms with Crippen molar-refractivity contribution in [3.63, 3.8) is 0 Å². The minimum absolute atomic E-state index is 0.0963. The quantitative estimate of drug-likeness (QED) is 0.731. The van der Waals surface area contributed by atoms with Crippen molar-refractivity contribution in [1.29, 1.82) is 0 Å². The van der Waals surface area contributed by atoms with Crippen molar-refractivity contribution in [2.75, 3.05) is 6.54 Å². The first kappa shape index (κ1) is 18.2. The molecule has 3 aromatic rings. The number of halogens is 1. The van der Waals surface area contributed by atoms with Gasteiger partial charge in [-0.2, -0.15) is 0 Å². The van der Waals surface area contributed by atoms with Crippen LogP contribution in [0.3, 0.4) is 0 Å². The number of carbonyl (C=O) groups is 1. The van der Waals surface area contributed by atoms with E-state index in [9.17, 15) is 9.18 Å². The van der Waals surface area contributed by atoms with E-state index in [0.29, 0.717) is 25.4 Å². The van der Waals surface area contributed by atoms with E-state index in [1.165, 1.54) is 12.1 Å². The maximum Gasteiger partial charge on any atom is 0.226 e. The molecule has 0 unspecified atom stereocenters. The number of aromatic nitrogens is 4. The highest BCUT2D eigenvalue weighted by atomic mass is 19.1. The standard InChI is InChI=1S/C20H20FN5O2/c1-13-3-2-4-14(7-13)20-18-12-28-17(11-26(18)25-24-20)10-23-19(27)8-16-6-5-15(21)9-22-16/h2-7,9,17H,8,10-12H2,1H3,(H,23,27)/t17-/m0/s1. The van der Waals surface area contributed by atoms with Gasteiger partial charge < -0.3 is 10.1 Å². The van der Waals surface area contributed by atoms with Gasteiger partial charge in [-0.3, -0.25) is 9.78 Å². The molecule has 1 amide bonds. The Hall–Kier alpha value is -3.13. The number of carbonyl (C=O) groups excluding carboxylic acids is 1. The Morgan fingerprint density at radius 1 is 1.36 bits per heavy atom. The van der Waals surface area contributed by atoms with Crippen LogP contribution in [0.2, 0.25) is 0 Å². The summed E-state index contributed by atoms with van der Waals surface area (Å²) in [7, 11) is 0. The van der Waals surface area contributed by atoms with Gasteiger partial charge in [-0.05, 0) is 25.1 Å². The highest BCUT2D eigenvalue weighted by molar-refractivity contribution is 5.78. The maximum absolute atomic E-state index is 12.9. The molecule has 0 bridgehead atoms. The van der Waals surface area contributed by atoms with E-state index in [2.05, 4.69) is 26.7 Å². The second kappa shape index (κ2) is 7.85. The number of nitrogens with zero attached hydrogens (tertiary/aromatic N) is 4. The largest absolute Gasteiger partial charge is 0.368 e. The average Bonchev–Trinajstić information content (AvgIpc) is 3.11. The Morgan fingerprint density at radius 3 is 3.04 bits per heavy atom. The molecule has 28 heavy (non-hydrogen) atoms. The lowest BCUT2D eigenvalue weighted by molar-refractivity contribution is -0.121. The third-order valence-electron chi connectivity index (χ3n) is 4.62. The van der Waals surface area contributed by atoms with Crippen molar-refractivity contribution in [2.45, 2.75) is 32.6 Å². The SMILES string of the molecule is Cc1cccc(-c2nnn3c2CO[C@@H](CNC(=O)Cc2ccc(F)cn2)C3)c1. The molecule has 1 N–H and O–H groups in total. The molecule has 0 spiro atoms. The molecule has 1 aliphatic rings. The molecule has 0 aliphatic carbocycles. The van der Waals surface area contributed by atoms with E-state index in [1.54, 1.807) is 0 Å². The molecule has 1 aromatic carbocycles. The highest BCUT2D eigenvalue weighted by Gasteiger charge is 2.24. The number of pyridine rings is 1. The Labute approximate surface area is 161 Å². The van der Waals surface area contributed by atoms with Gasteiger partial charge in [0.25, 0.3) is 0 Å². The van der Waals surface area contributed by atoms with Crippen LogP contribution in [0.1, 0.15) is 17.0 Å². The van der Waals surface area contributed by atoms with Gasteiger partial charge in [0.05, 0.1) is 37.6 Å². The van der Waals surface area contributed by atoms with E-state index >= 15 is 0 Å². The minimum atomic E-state index is -0.423. The van der Waals surface area contributed by atoms with Crippen LogP contribution in [0, 0.1) is 12.7 Å². The number of amides is 1. The Morgan fingerprint density at radius 2 is 2.25 bits per heavy atom. The van der Waals surface area contributed by atoms with E-state index < -0.39 is 5.82 Å². The van der Waals surface area contributed by atoms with Crippen LogP contribution in [-0.2, 0) is 29.1 Å². The third-order valence-corrected chi connectivity index (χ3v) is 4.62. The van der Waals surface area contributed by atoms with E-state index in [4.69, 9.17) is 4.74 Å². The molecule has 4 rings (SSSR count). The molecule has 7 nitrogen and oxygen atoms in total. The van der Waals surface area contributed by atoms with Crippen molar-refractivity contribution in [2.24, 2.45) is 0 Å². The number of hydrogen-bond donors (Lipinski definition) is 1. The van der Waals surface area contributed by atoms with Crippen LogP contribution in [0.5, 0.6) is 0 Å². The van der Waals surface area contributed by atoms with Gasteiger partial charge in [0.15, 0.2) is 0 Å². The fourth-order valence-corrected chi connectivity index (χ4v) is 3.17. The second-order valence-corrected chi connectivity index (χ2v) is 6.82. The van der Waals surface area contributed by atoms with Crippen LogP contribution < -0.4 is 5.32 Å². The zero-order valence-electron chi connectivity index (χ0n) is 15.4. The molecule has 8 heteroatoms. The summed E-state index contributed by atoms with van der Waals surface area (Å²) in [5.41, 5.74) is 4.46. The van der Waals surface area contributed by atoms with Crippen molar-refractivity contribution in [1.82, 2.24) is 25.3 Å². The predicted molar refractivity (Wildman–Crippen MR) is 99.7 cm³/mol. The number of fused-ring (bicyclic) bond motifs is 1. The number of nitrogens with one attached hydrogen (secondary N) is 1. The van der Waals surface area contributed by atoms with Gasteiger partial charge in [-0.25, -0.2) is 9.07 Å². The van der Waals surface area contributed by atoms with Gasteiger partial charge in [-0.1, -0.05) is 29.0 Å². The number of benzene rings is 1. The zero-order valence-corrected chi connectivity index (χ0v) is 15.4. The first-order chi connectivity index (χ1) is 13.6. The van der Waals surface area contributed by atoms with E-state index in [0.717, 1.165) is 28.7 Å². The maximum atomic E-state index is 12.9. The first-order valence-electron chi connectivity index (χ1n) is 9.06. The van der Waals surface area contributed by atoms with Crippen molar-refractivity contribution in [3.05, 3.63) is 65.4 Å². The first-order valence-corrected chi connectivity index (χ1v) is 9.06. The number of rotatable bonds is 5. The normalized spacial score (nSPS) is 15.9. The summed E-state index contributed by atoms with van der Waals surface area (Å²) < 4.78 is 20.6. The number of ether oxygens (including phenoxy) is 1. The fraction of sp³-hybridized carbons (Fsp3) is 0.300. The van der Waals surface area contributed by atoms with Crippen LogP contribution in [0.4, 0.5) is 4.39 Å². The summed E-state index contributed by atoms with van der Waals surface area (Å²) >= 11 is 0. The van der Waals surface area contributed by atoms with Crippen molar-refractivity contribution >= 4 is 5.91 Å². The molecule has 0 saturated carbocycles. The van der Waals surface area contributed by atoms with Crippen LogP contribution in [0.15, 0.2) is 42.6 Å². The molecule has 0 fully saturated rings. The third kappa shape index (κ3) is 4.07. The lowest BCUT2D eigenvalue weighted by Gasteiger charge is -2.24. The zero-order chi connectivity index (χ0) is 19.5. The molecule has 1 aliphatic heterocycles. The topological polar surface area (TPSA) is 81.9 Å². The highest BCUT2D eigenvalue weighted by Crippen LogP contribution is 2.25. The smallest absolute Gasteiger partial charge is 0.226 e. The van der Waals surface area contributed by atoms with Crippen molar-refractivity contribution in [3.8, 4) is 11.3 Å². The molecule has 3 heterocycles. The van der Waals surface area contributed by atoms with Gasteiger partial charge >= 0.3 is 0 Å². The summed E-state index contributed by atoms with van der Waals surface area (Å²) in [5, 5.41) is 11.4. The summed E-state index contributed by atoms with van der Waals surface area (Å²) in [4.78, 5) is 16.0. The lowest BCUT2D eigenvalue weighted by Crippen LogP contribution is -2.39. The van der Waals surface area contributed by atoms with Gasteiger partial charge in [0, 0.05) is 17.8 Å². The summed E-state index contributed by atoms with van der Waals surface area (Å²) in [6.07, 6.45) is 1.01. The molecule has 2 aromatic heterocycles. The Kier molecular flexibility index (Phi) is 5.12. The molecule has 0 radical (unpaired) electrons. The Balaban J connectivity index is 1.34. The Bertz CT molecular complexity index is 987. The molecular formula is C20H20FN5O2. The summed E-state index contributed by atoms with van der Waals surface area (Å²) in [5.74, 6) is -0.610. The van der Waals surface area contributed by atoms with E-state index in [-0.39, 0.29) is 18.4 Å².